The Kier molecular flexibility index (Phi) is 2.24. The molecule has 1 aromatic carbocycles. The number of hydrogen-bond donors (Lipinski definition) is 1. The lowest BCUT2D eigenvalue weighted by Crippen LogP contribution is -1.83. The van der Waals surface area contributed by atoms with Crippen LogP contribution in [0.2, 0.25) is 0 Å². The molecule has 2 aromatic rings. The van der Waals surface area contributed by atoms with E-state index in [4.69, 9.17) is 16.7 Å². The monoisotopic (exact) mass is 206 g/mol. The summed E-state index contributed by atoms with van der Waals surface area (Å²) < 4.78 is 4.78. The van der Waals surface area contributed by atoms with E-state index in [1.807, 2.05) is 6.07 Å². The molecule has 0 atom stereocenters. The van der Waals surface area contributed by atoms with Gasteiger partial charge in [0.15, 0.2) is 5.82 Å². The van der Waals surface area contributed by atoms with Crippen LogP contribution in [-0.2, 0) is 0 Å². The first-order chi connectivity index (χ1) is 6.79. The van der Waals surface area contributed by atoms with Gasteiger partial charge in [0.2, 0.25) is 0 Å². The van der Waals surface area contributed by atoms with Crippen molar-refractivity contribution in [1.82, 2.24) is 10.1 Å². The molecule has 0 radical (unpaired) electrons. The number of carbonyl (C=O) groups is 1. The fourth-order valence-corrected chi connectivity index (χ4v) is 1.24. The van der Waals surface area contributed by atoms with Crippen LogP contribution in [0.25, 0.3) is 11.4 Å². The third-order valence-electron chi connectivity index (χ3n) is 1.73. The second kappa shape index (κ2) is 3.55. The average Bonchev–Trinajstić information content (AvgIpc) is 2.65. The quantitative estimate of drug-likeness (QED) is 0.604. The van der Waals surface area contributed by atoms with Crippen LogP contribution < -0.4 is 0 Å². The van der Waals surface area contributed by atoms with Crippen molar-refractivity contribution < 1.29 is 9.32 Å². The first-order valence-electron chi connectivity index (χ1n) is 3.91. The Hall–Kier alpha value is -1.75. The zero-order valence-corrected chi connectivity index (χ0v) is 7.88. The van der Waals surface area contributed by atoms with Gasteiger partial charge in [-0.2, -0.15) is 4.98 Å². The first kappa shape index (κ1) is 8.83. The molecule has 1 heterocycles. The van der Waals surface area contributed by atoms with Gasteiger partial charge in [0.05, 0.1) is 0 Å². The number of aromatic amines is 1. The van der Waals surface area contributed by atoms with Gasteiger partial charge in [-0.05, 0) is 18.3 Å². The molecule has 70 valence electrons. The minimum Gasteiger partial charge on any atom is -0.348 e. The summed E-state index contributed by atoms with van der Waals surface area (Å²) in [6.07, 6.45) is 0.776. The minimum atomic E-state index is 0.150. The molecule has 0 amide bonds. The summed E-state index contributed by atoms with van der Waals surface area (Å²) in [5.41, 5.74) is 1.36. The van der Waals surface area contributed by atoms with E-state index in [1.54, 1.807) is 18.2 Å². The Labute approximate surface area is 84.6 Å². The smallest absolute Gasteiger partial charge is 0.314 e. The summed E-state index contributed by atoms with van der Waals surface area (Å²) in [6, 6.07) is 7.00. The summed E-state index contributed by atoms with van der Waals surface area (Å²) in [5, 5.41) is 2.57. The van der Waals surface area contributed by atoms with Crippen LogP contribution in [0.4, 0.5) is 0 Å². The molecule has 2 rings (SSSR count). The molecule has 0 bridgehead atoms. The van der Waals surface area contributed by atoms with Gasteiger partial charge in [0, 0.05) is 11.1 Å². The molecular formula is C9H6N2O2S. The molecule has 0 spiro atoms. The number of carbonyl (C=O) groups excluding carboxylic acids is 1. The predicted molar refractivity (Wildman–Crippen MR) is 52.5 cm³/mol. The Morgan fingerprint density at radius 3 is 3.00 bits per heavy atom. The lowest BCUT2D eigenvalue weighted by molar-refractivity contribution is 0.112. The van der Waals surface area contributed by atoms with Crippen LogP contribution in [0.5, 0.6) is 0 Å². The summed E-state index contributed by atoms with van der Waals surface area (Å²) in [5.74, 6) is 0.527. The van der Waals surface area contributed by atoms with E-state index in [1.165, 1.54) is 0 Å². The molecular weight excluding hydrogens is 200 g/mol. The fourth-order valence-electron chi connectivity index (χ4n) is 1.11. The number of rotatable bonds is 2. The fraction of sp³-hybridized carbons (Fsp3) is 0. The van der Waals surface area contributed by atoms with Gasteiger partial charge in [-0.3, -0.25) is 4.79 Å². The molecule has 0 unspecified atom stereocenters. The molecule has 0 aliphatic heterocycles. The van der Waals surface area contributed by atoms with E-state index in [0.29, 0.717) is 11.4 Å². The molecule has 14 heavy (non-hydrogen) atoms. The Bertz CT molecular complexity index is 515. The maximum absolute atomic E-state index is 10.5. The number of benzene rings is 1. The maximum atomic E-state index is 10.5. The van der Waals surface area contributed by atoms with Crippen molar-refractivity contribution in [3.63, 3.8) is 0 Å². The topological polar surface area (TPSA) is 58.9 Å². The first-order valence-corrected chi connectivity index (χ1v) is 4.31. The predicted octanol–water partition coefficient (Wildman–Crippen LogP) is 2.21. The molecule has 0 aliphatic rings. The average molecular weight is 206 g/mol. The van der Waals surface area contributed by atoms with Gasteiger partial charge < -0.3 is 4.52 Å². The number of H-pyrrole nitrogens is 1. The third kappa shape index (κ3) is 1.62. The van der Waals surface area contributed by atoms with E-state index in [9.17, 15) is 4.79 Å². The number of aldehydes is 1. The lowest BCUT2D eigenvalue weighted by atomic mass is 10.1. The van der Waals surface area contributed by atoms with Crippen molar-refractivity contribution in [2.75, 3.05) is 0 Å². The summed E-state index contributed by atoms with van der Waals surface area (Å²) in [4.78, 5) is 14.6. The van der Waals surface area contributed by atoms with Crippen molar-refractivity contribution >= 4 is 18.5 Å². The standard InChI is InChI=1S/C9H6N2O2S/c12-5-6-2-1-3-7(4-6)8-10-9(14)13-11-8/h1-5H,(H,10,11,14). The van der Waals surface area contributed by atoms with Crippen LogP contribution in [0.1, 0.15) is 10.4 Å². The van der Waals surface area contributed by atoms with E-state index in [-0.39, 0.29) is 4.84 Å². The second-order valence-electron chi connectivity index (χ2n) is 2.67. The molecule has 1 N–H and O–H groups in total. The van der Waals surface area contributed by atoms with Gasteiger partial charge in [-0.1, -0.05) is 18.2 Å². The highest BCUT2D eigenvalue weighted by atomic mass is 32.1. The largest absolute Gasteiger partial charge is 0.348 e. The van der Waals surface area contributed by atoms with E-state index in [2.05, 4.69) is 10.1 Å². The van der Waals surface area contributed by atoms with Gasteiger partial charge in [-0.15, -0.1) is 0 Å². The zero-order valence-electron chi connectivity index (χ0n) is 7.06. The van der Waals surface area contributed by atoms with Crippen LogP contribution in [0.15, 0.2) is 28.8 Å². The van der Waals surface area contributed by atoms with Crippen LogP contribution in [0.3, 0.4) is 0 Å². The Balaban J connectivity index is 2.51. The maximum Gasteiger partial charge on any atom is 0.314 e. The number of hydrogen-bond acceptors (Lipinski definition) is 4. The Morgan fingerprint density at radius 1 is 1.50 bits per heavy atom. The van der Waals surface area contributed by atoms with Crippen molar-refractivity contribution in [1.29, 1.82) is 0 Å². The molecule has 0 saturated heterocycles. The lowest BCUT2D eigenvalue weighted by Gasteiger charge is -1.95. The SMILES string of the molecule is O=Cc1cccc(-c2nc(=S)o[nH]2)c1. The summed E-state index contributed by atoms with van der Waals surface area (Å²) >= 11 is 4.72. The van der Waals surface area contributed by atoms with Crippen molar-refractivity contribution in [3.05, 3.63) is 34.7 Å². The molecule has 0 saturated carbocycles. The summed E-state index contributed by atoms with van der Waals surface area (Å²) in [7, 11) is 0. The van der Waals surface area contributed by atoms with Crippen molar-refractivity contribution in [2.24, 2.45) is 0 Å². The highest BCUT2D eigenvalue weighted by Crippen LogP contribution is 2.15. The van der Waals surface area contributed by atoms with Crippen molar-refractivity contribution in [2.45, 2.75) is 0 Å². The van der Waals surface area contributed by atoms with E-state index in [0.717, 1.165) is 11.8 Å². The van der Waals surface area contributed by atoms with E-state index < -0.39 is 0 Å². The molecule has 4 nitrogen and oxygen atoms in total. The number of nitrogens with zero attached hydrogens (tertiary/aromatic N) is 1. The van der Waals surface area contributed by atoms with Crippen LogP contribution >= 0.6 is 12.2 Å². The van der Waals surface area contributed by atoms with Crippen molar-refractivity contribution in [3.8, 4) is 11.4 Å². The number of nitrogens with one attached hydrogen (secondary N) is 1. The minimum absolute atomic E-state index is 0.150. The zero-order chi connectivity index (χ0) is 9.97. The molecule has 1 aromatic heterocycles. The number of aromatic nitrogens is 2. The molecule has 0 aliphatic carbocycles. The summed E-state index contributed by atoms with van der Waals surface area (Å²) in [6.45, 7) is 0. The van der Waals surface area contributed by atoms with E-state index >= 15 is 0 Å². The van der Waals surface area contributed by atoms with Crippen LogP contribution in [-0.4, -0.2) is 16.4 Å². The highest BCUT2D eigenvalue weighted by Gasteiger charge is 2.02. The normalized spacial score (nSPS) is 10.0. The molecule has 5 heteroatoms. The highest BCUT2D eigenvalue weighted by molar-refractivity contribution is 7.71. The van der Waals surface area contributed by atoms with Gasteiger partial charge in [0.1, 0.15) is 6.29 Å². The molecule has 0 fully saturated rings. The van der Waals surface area contributed by atoms with Gasteiger partial charge >= 0.3 is 4.84 Å². The Morgan fingerprint density at radius 2 is 2.36 bits per heavy atom. The van der Waals surface area contributed by atoms with Gasteiger partial charge in [0.25, 0.3) is 0 Å². The second-order valence-corrected chi connectivity index (χ2v) is 3.02. The van der Waals surface area contributed by atoms with Crippen LogP contribution in [0, 0.1) is 4.84 Å². The van der Waals surface area contributed by atoms with Gasteiger partial charge in [-0.25, -0.2) is 5.16 Å². The third-order valence-corrected chi connectivity index (χ3v) is 1.91.